The maximum absolute atomic E-state index is 12.6. The monoisotopic (exact) mass is 365 g/mol. The van der Waals surface area contributed by atoms with E-state index in [-0.39, 0.29) is 25.0 Å². The fourth-order valence-electron chi connectivity index (χ4n) is 3.08. The number of benzene rings is 2. The molecule has 0 saturated carbocycles. The van der Waals surface area contributed by atoms with E-state index in [1.165, 1.54) is 4.90 Å². The van der Waals surface area contributed by atoms with E-state index in [9.17, 15) is 9.59 Å². The van der Waals surface area contributed by atoms with Gasteiger partial charge in [-0.15, -0.1) is 0 Å². The van der Waals surface area contributed by atoms with Crippen LogP contribution < -0.4 is 4.74 Å². The quantitative estimate of drug-likeness (QED) is 0.668. The fraction of sp³-hybridized carbons (Fsp3) is 0.273. The Morgan fingerprint density at radius 1 is 1.15 bits per heavy atom. The van der Waals surface area contributed by atoms with Crippen LogP contribution in [-0.2, 0) is 22.4 Å². The van der Waals surface area contributed by atoms with Crippen LogP contribution in [0.15, 0.2) is 67.3 Å². The van der Waals surface area contributed by atoms with Gasteiger partial charge in [-0.3, -0.25) is 4.79 Å². The first-order valence-electron chi connectivity index (χ1n) is 9.02. The minimum atomic E-state index is -0.547. The molecule has 5 nitrogen and oxygen atoms in total. The lowest BCUT2D eigenvalue weighted by molar-refractivity contribution is -0.129. The van der Waals surface area contributed by atoms with Gasteiger partial charge in [0.15, 0.2) is 0 Å². The standard InChI is InChI=1S/C22H23NO4/c1-2-14-26-20-11-8-17(9-12-20)10-13-21(24)23-19(16-27-22(23)25)15-18-6-4-3-5-7-18/h2-9,11-12,19H,1,10,13-16H2/t19-/m0/s1. The Bertz CT molecular complexity index is 786. The second-order valence-corrected chi connectivity index (χ2v) is 6.43. The van der Waals surface area contributed by atoms with Crippen molar-refractivity contribution in [1.82, 2.24) is 4.90 Å². The molecule has 140 valence electrons. The van der Waals surface area contributed by atoms with E-state index in [0.29, 0.717) is 19.4 Å². The second-order valence-electron chi connectivity index (χ2n) is 6.43. The molecule has 2 amide bonds. The first-order valence-corrected chi connectivity index (χ1v) is 9.02. The molecule has 0 bridgehead atoms. The molecule has 0 radical (unpaired) electrons. The molecular weight excluding hydrogens is 342 g/mol. The zero-order chi connectivity index (χ0) is 19.1. The number of carbonyl (C=O) groups is 2. The van der Waals surface area contributed by atoms with Gasteiger partial charge in [0.1, 0.15) is 19.0 Å². The zero-order valence-corrected chi connectivity index (χ0v) is 15.2. The number of amides is 2. The third-order valence-corrected chi connectivity index (χ3v) is 4.46. The van der Waals surface area contributed by atoms with E-state index in [4.69, 9.17) is 9.47 Å². The van der Waals surface area contributed by atoms with E-state index in [1.54, 1.807) is 6.08 Å². The summed E-state index contributed by atoms with van der Waals surface area (Å²) in [5, 5.41) is 0. The maximum atomic E-state index is 12.6. The molecular formula is C22H23NO4. The molecule has 0 unspecified atom stereocenters. The highest BCUT2D eigenvalue weighted by Gasteiger charge is 2.37. The Labute approximate surface area is 159 Å². The number of ether oxygens (including phenoxy) is 2. The molecule has 5 heteroatoms. The normalized spacial score (nSPS) is 16.1. The maximum Gasteiger partial charge on any atom is 0.416 e. The summed E-state index contributed by atoms with van der Waals surface area (Å²) >= 11 is 0. The van der Waals surface area contributed by atoms with E-state index in [1.807, 2.05) is 54.6 Å². The Balaban J connectivity index is 1.57. The number of rotatable bonds is 8. The van der Waals surface area contributed by atoms with Gasteiger partial charge in [-0.05, 0) is 36.1 Å². The molecule has 1 aliphatic rings. The van der Waals surface area contributed by atoms with Gasteiger partial charge in [0, 0.05) is 6.42 Å². The molecule has 2 aromatic carbocycles. The lowest BCUT2D eigenvalue weighted by atomic mass is 10.0. The van der Waals surface area contributed by atoms with Crippen molar-refractivity contribution < 1.29 is 19.1 Å². The molecule has 1 heterocycles. The van der Waals surface area contributed by atoms with Crippen LogP contribution in [-0.4, -0.2) is 36.2 Å². The minimum absolute atomic E-state index is 0.203. The van der Waals surface area contributed by atoms with Crippen molar-refractivity contribution in [2.45, 2.75) is 25.3 Å². The lowest BCUT2D eigenvalue weighted by Gasteiger charge is -2.19. The predicted molar refractivity (Wildman–Crippen MR) is 103 cm³/mol. The van der Waals surface area contributed by atoms with Crippen LogP contribution in [0.4, 0.5) is 4.79 Å². The molecule has 0 aromatic heterocycles. The third-order valence-electron chi connectivity index (χ3n) is 4.46. The summed E-state index contributed by atoms with van der Waals surface area (Å²) in [5.74, 6) is 0.557. The van der Waals surface area contributed by atoms with Crippen molar-refractivity contribution in [3.63, 3.8) is 0 Å². The van der Waals surface area contributed by atoms with Crippen molar-refractivity contribution >= 4 is 12.0 Å². The summed E-state index contributed by atoms with van der Waals surface area (Å²) in [7, 11) is 0. The van der Waals surface area contributed by atoms with Crippen molar-refractivity contribution in [3.05, 3.63) is 78.4 Å². The van der Waals surface area contributed by atoms with Crippen LogP contribution in [0.3, 0.4) is 0 Å². The molecule has 1 fully saturated rings. The Hall–Kier alpha value is -3.08. The van der Waals surface area contributed by atoms with E-state index in [0.717, 1.165) is 16.9 Å². The van der Waals surface area contributed by atoms with Crippen molar-refractivity contribution in [1.29, 1.82) is 0 Å². The second kappa shape index (κ2) is 9.03. The molecule has 0 N–H and O–H groups in total. The van der Waals surface area contributed by atoms with E-state index >= 15 is 0 Å². The molecule has 1 aliphatic heterocycles. The van der Waals surface area contributed by atoms with Gasteiger partial charge in [0.25, 0.3) is 0 Å². The Morgan fingerprint density at radius 2 is 1.89 bits per heavy atom. The summed E-state index contributed by atoms with van der Waals surface area (Å²) in [6, 6.07) is 17.1. The van der Waals surface area contributed by atoms with Gasteiger partial charge >= 0.3 is 6.09 Å². The number of aryl methyl sites for hydroxylation is 1. The van der Waals surface area contributed by atoms with Crippen LogP contribution in [0.1, 0.15) is 17.5 Å². The summed E-state index contributed by atoms with van der Waals surface area (Å²) in [5.41, 5.74) is 2.09. The molecule has 3 rings (SSSR count). The van der Waals surface area contributed by atoms with Crippen LogP contribution in [0.25, 0.3) is 0 Å². The smallest absolute Gasteiger partial charge is 0.416 e. The topological polar surface area (TPSA) is 55.8 Å². The average molecular weight is 365 g/mol. The Kier molecular flexibility index (Phi) is 6.26. The van der Waals surface area contributed by atoms with Crippen LogP contribution in [0.2, 0.25) is 0 Å². The number of cyclic esters (lactones) is 1. The average Bonchev–Trinajstić information content (AvgIpc) is 3.06. The Morgan fingerprint density at radius 3 is 2.59 bits per heavy atom. The van der Waals surface area contributed by atoms with Crippen molar-refractivity contribution in [2.75, 3.05) is 13.2 Å². The third kappa shape index (κ3) is 4.97. The van der Waals surface area contributed by atoms with Gasteiger partial charge in [-0.25, -0.2) is 9.69 Å². The van der Waals surface area contributed by atoms with Gasteiger partial charge in [-0.1, -0.05) is 55.1 Å². The highest BCUT2D eigenvalue weighted by Crippen LogP contribution is 2.20. The molecule has 1 saturated heterocycles. The predicted octanol–water partition coefficient (Wildman–Crippen LogP) is 3.77. The van der Waals surface area contributed by atoms with Gasteiger partial charge < -0.3 is 9.47 Å². The van der Waals surface area contributed by atoms with Crippen LogP contribution in [0, 0.1) is 0 Å². The minimum Gasteiger partial charge on any atom is -0.490 e. The number of imide groups is 1. The zero-order valence-electron chi connectivity index (χ0n) is 15.2. The number of nitrogens with zero attached hydrogens (tertiary/aromatic N) is 1. The van der Waals surface area contributed by atoms with Gasteiger partial charge in [0.05, 0.1) is 6.04 Å². The van der Waals surface area contributed by atoms with Gasteiger partial charge in [-0.2, -0.15) is 0 Å². The SMILES string of the molecule is C=CCOc1ccc(CCC(=O)N2C(=O)OC[C@@H]2Cc2ccccc2)cc1. The van der Waals surface area contributed by atoms with Crippen LogP contribution >= 0.6 is 0 Å². The summed E-state index contributed by atoms with van der Waals surface area (Å²) in [6.45, 7) is 4.31. The van der Waals surface area contributed by atoms with Gasteiger partial charge in [0.2, 0.25) is 5.91 Å². The first-order chi connectivity index (χ1) is 13.2. The van der Waals surface area contributed by atoms with E-state index in [2.05, 4.69) is 6.58 Å². The number of carbonyl (C=O) groups excluding carboxylic acids is 2. The molecule has 1 atom stereocenters. The number of hydrogen-bond donors (Lipinski definition) is 0. The van der Waals surface area contributed by atoms with E-state index < -0.39 is 6.09 Å². The fourth-order valence-corrected chi connectivity index (χ4v) is 3.08. The summed E-state index contributed by atoms with van der Waals surface area (Å²) in [6.07, 6.45) is 2.56. The lowest BCUT2D eigenvalue weighted by Crippen LogP contribution is -2.40. The summed E-state index contributed by atoms with van der Waals surface area (Å²) in [4.78, 5) is 25.9. The van der Waals surface area contributed by atoms with Crippen molar-refractivity contribution in [3.8, 4) is 5.75 Å². The number of hydrogen-bond acceptors (Lipinski definition) is 4. The molecule has 0 aliphatic carbocycles. The first kappa shape index (κ1) is 18.7. The van der Waals surface area contributed by atoms with Crippen LogP contribution in [0.5, 0.6) is 5.75 Å². The summed E-state index contributed by atoms with van der Waals surface area (Å²) < 4.78 is 10.6. The largest absolute Gasteiger partial charge is 0.490 e. The molecule has 27 heavy (non-hydrogen) atoms. The highest BCUT2D eigenvalue weighted by molar-refractivity contribution is 5.93. The molecule has 0 spiro atoms. The van der Waals surface area contributed by atoms with Crippen molar-refractivity contribution in [2.24, 2.45) is 0 Å². The highest BCUT2D eigenvalue weighted by atomic mass is 16.6. The molecule has 2 aromatic rings.